The van der Waals surface area contributed by atoms with Crippen LogP contribution in [0.1, 0.15) is 52.9 Å². The van der Waals surface area contributed by atoms with Gasteiger partial charge in [0, 0.05) is 38.6 Å². The number of carbonyl (C=O) groups is 2. The summed E-state index contributed by atoms with van der Waals surface area (Å²) in [6.07, 6.45) is 3.81. The van der Waals surface area contributed by atoms with Crippen molar-refractivity contribution in [1.29, 1.82) is 0 Å². The van der Waals surface area contributed by atoms with Gasteiger partial charge in [0.15, 0.2) is 0 Å². The number of hydrogen-bond donors (Lipinski definition) is 1. The highest BCUT2D eigenvalue weighted by atomic mass is 16.6. The zero-order valence-corrected chi connectivity index (χ0v) is 16.3. The highest BCUT2D eigenvalue weighted by molar-refractivity contribution is 5.77. The van der Waals surface area contributed by atoms with Crippen molar-refractivity contribution in [3.05, 3.63) is 0 Å². The van der Waals surface area contributed by atoms with E-state index in [1.807, 2.05) is 20.8 Å². The molecule has 0 bridgehead atoms. The molecule has 2 atom stereocenters. The Balaban J connectivity index is 1.51. The molecular weight excluding hydrogens is 334 g/mol. The Hall–Kier alpha value is -1.34. The summed E-state index contributed by atoms with van der Waals surface area (Å²) < 4.78 is 5.43. The molecule has 2 amide bonds. The third-order valence-electron chi connectivity index (χ3n) is 5.68. The Bertz CT molecular complexity index is 525. The highest BCUT2D eigenvalue weighted by Crippen LogP contribution is 2.26. The average Bonchev–Trinajstić information content (AvgIpc) is 2.96. The predicted octanol–water partition coefficient (Wildman–Crippen LogP) is 1.44. The molecule has 0 saturated carbocycles. The summed E-state index contributed by atoms with van der Waals surface area (Å²) in [6.45, 7) is 8.98. The van der Waals surface area contributed by atoms with Crippen molar-refractivity contribution in [3.8, 4) is 0 Å². The first-order valence-corrected chi connectivity index (χ1v) is 9.94. The van der Waals surface area contributed by atoms with E-state index in [9.17, 15) is 14.7 Å². The van der Waals surface area contributed by atoms with Gasteiger partial charge in [0.1, 0.15) is 5.60 Å². The van der Waals surface area contributed by atoms with E-state index in [0.717, 1.165) is 45.3 Å². The zero-order chi connectivity index (χ0) is 18.9. The van der Waals surface area contributed by atoms with Crippen molar-refractivity contribution < 1.29 is 19.4 Å². The lowest BCUT2D eigenvalue weighted by molar-refractivity contribution is -0.137. The molecule has 0 aromatic carbocycles. The summed E-state index contributed by atoms with van der Waals surface area (Å²) in [5.74, 6) is 0.298. The van der Waals surface area contributed by atoms with Gasteiger partial charge in [-0.3, -0.25) is 9.69 Å². The molecule has 3 aliphatic heterocycles. The van der Waals surface area contributed by atoms with Gasteiger partial charge in [-0.1, -0.05) is 0 Å². The van der Waals surface area contributed by atoms with E-state index < -0.39 is 11.7 Å². The largest absolute Gasteiger partial charge is 0.444 e. The van der Waals surface area contributed by atoms with Crippen molar-refractivity contribution in [2.75, 3.05) is 32.7 Å². The molecule has 0 radical (unpaired) electrons. The number of rotatable bonds is 2. The molecule has 7 nitrogen and oxygen atoms in total. The van der Waals surface area contributed by atoms with Crippen LogP contribution in [0.2, 0.25) is 0 Å². The predicted molar refractivity (Wildman–Crippen MR) is 97.8 cm³/mol. The summed E-state index contributed by atoms with van der Waals surface area (Å²) in [6, 6.07) is 0.292. The van der Waals surface area contributed by atoms with E-state index in [1.165, 1.54) is 0 Å². The highest BCUT2D eigenvalue weighted by Gasteiger charge is 2.41. The minimum absolute atomic E-state index is 0.0412. The van der Waals surface area contributed by atoms with Crippen molar-refractivity contribution in [2.45, 2.75) is 76.7 Å². The molecule has 3 fully saturated rings. The van der Waals surface area contributed by atoms with Gasteiger partial charge in [0.2, 0.25) is 5.91 Å². The molecule has 7 heteroatoms. The minimum Gasteiger partial charge on any atom is -0.444 e. The molecule has 3 heterocycles. The lowest BCUT2D eigenvalue weighted by Gasteiger charge is -2.42. The molecule has 1 unspecified atom stereocenters. The number of hydrogen-bond acceptors (Lipinski definition) is 5. The number of ether oxygens (including phenoxy) is 1. The number of aliphatic hydroxyl groups excluding tert-OH is 1. The first-order valence-electron chi connectivity index (χ1n) is 9.94. The summed E-state index contributed by atoms with van der Waals surface area (Å²) in [5.41, 5.74) is -0.528. The fourth-order valence-electron chi connectivity index (χ4n) is 4.35. The Kier molecular flexibility index (Phi) is 5.77. The quantitative estimate of drug-likeness (QED) is 0.800. The van der Waals surface area contributed by atoms with Gasteiger partial charge < -0.3 is 19.6 Å². The molecule has 0 aromatic rings. The molecule has 148 valence electrons. The smallest absolute Gasteiger partial charge is 0.410 e. The van der Waals surface area contributed by atoms with E-state index in [0.29, 0.717) is 31.5 Å². The standard InChI is InChI=1S/C19H33N3O4/c1-19(2,3)26-18(25)21-12-15(16(23)13-21)20-10-7-14(8-11-20)22-9-5-4-6-17(22)24/h14-16,23H,4-13H2,1-3H3/t15?,16-/m0/s1. The summed E-state index contributed by atoms with van der Waals surface area (Å²) in [4.78, 5) is 30.3. The van der Waals surface area contributed by atoms with Crippen LogP contribution in [-0.2, 0) is 9.53 Å². The van der Waals surface area contributed by atoms with Gasteiger partial charge in [0.05, 0.1) is 18.7 Å². The number of aliphatic hydroxyl groups is 1. The molecule has 3 aliphatic rings. The number of β-amino-alcohol motifs (C(OH)–C–C–N with tert-alkyl or cyclic N) is 1. The van der Waals surface area contributed by atoms with E-state index >= 15 is 0 Å². The molecule has 0 aromatic heterocycles. The van der Waals surface area contributed by atoms with Crippen LogP contribution in [0.15, 0.2) is 0 Å². The molecule has 1 N–H and O–H groups in total. The Morgan fingerprint density at radius 3 is 2.42 bits per heavy atom. The second kappa shape index (κ2) is 7.72. The second-order valence-electron chi connectivity index (χ2n) is 8.83. The van der Waals surface area contributed by atoms with Crippen molar-refractivity contribution >= 4 is 12.0 Å². The molecule has 0 aliphatic carbocycles. The maximum Gasteiger partial charge on any atom is 0.410 e. The zero-order valence-electron chi connectivity index (χ0n) is 16.3. The topological polar surface area (TPSA) is 73.3 Å². The lowest BCUT2D eigenvalue weighted by Crippen LogP contribution is -2.53. The van der Waals surface area contributed by atoms with Gasteiger partial charge >= 0.3 is 6.09 Å². The average molecular weight is 367 g/mol. The second-order valence-corrected chi connectivity index (χ2v) is 8.83. The van der Waals surface area contributed by atoms with Crippen LogP contribution in [0.3, 0.4) is 0 Å². The van der Waals surface area contributed by atoms with Crippen LogP contribution in [0.25, 0.3) is 0 Å². The van der Waals surface area contributed by atoms with E-state index in [1.54, 1.807) is 4.90 Å². The fraction of sp³-hybridized carbons (Fsp3) is 0.895. The van der Waals surface area contributed by atoms with E-state index in [2.05, 4.69) is 9.80 Å². The van der Waals surface area contributed by atoms with Gasteiger partial charge in [-0.25, -0.2) is 4.79 Å². The van der Waals surface area contributed by atoms with Crippen LogP contribution in [0.5, 0.6) is 0 Å². The van der Waals surface area contributed by atoms with Gasteiger partial charge in [-0.2, -0.15) is 0 Å². The first-order chi connectivity index (χ1) is 12.2. The van der Waals surface area contributed by atoms with Gasteiger partial charge in [0.25, 0.3) is 0 Å². The summed E-state index contributed by atoms with van der Waals surface area (Å²) in [7, 11) is 0. The molecule has 3 saturated heterocycles. The van der Waals surface area contributed by atoms with Crippen molar-refractivity contribution in [2.24, 2.45) is 0 Å². The Morgan fingerprint density at radius 1 is 1.12 bits per heavy atom. The number of nitrogens with zero attached hydrogens (tertiary/aromatic N) is 3. The Morgan fingerprint density at radius 2 is 1.81 bits per heavy atom. The lowest BCUT2D eigenvalue weighted by atomic mass is 9.98. The Labute approximate surface area is 156 Å². The van der Waals surface area contributed by atoms with Crippen molar-refractivity contribution in [1.82, 2.24) is 14.7 Å². The number of piperidine rings is 2. The third kappa shape index (κ3) is 4.49. The number of amides is 2. The van der Waals surface area contributed by atoms with Crippen LogP contribution in [0, 0.1) is 0 Å². The van der Waals surface area contributed by atoms with Crippen LogP contribution < -0.4 is 0 Å². The SMILES string of the molecule is CC(C)(C)OC(=O)N1CC(N2CCC(N3CCCCC3=O)CC2)[C@@H](O)C1. The third-order valence-corrected chi connectivity index (χ3v) is 5.68. The van der Waals surface area contributed by atoms with Gasteiger partial charge in [-0.15, -0.1) is 0 Å². The van der Waals surface area contributed by atoms with Crippen LogP contribution in [0.4, 0.5) is 4.79 Å². The van der Waals surface area contributed by atoms with E-state index in [-0.39, 0.29) is 12.1 Å². The number of carbonyl (C=O) groups excluding carboxylic acids is 2. The molecular formula is C19H33N3O4. The molecule has 0 spiro atoms. The minimum atomic E-state index is -0.546. The van der Waals surface area contributed by atoms with Crippen LogP contribution >= 0.6 is 0 Å². The fourth-order valence-corrected chi connectivity index (χ4v) is 4.35. The normalized spacial score (nSPS) is 29.3. The summed E-state index contributed by atoms with van der Waals surface area (Å²) in [5, 5.41) is 10.5. The van der Waals surface area contributed by atoms with Crippen molar-refractivity contribution in [3.63, 3.8) is 0 Å². The summed E-state index contributed by atoms with van der Waals surface area (Å²) >= 11 is 0. The maximum absolute atomic E-state index is 12.3. The molecule has 26 heavy (non-hydrogen) atoms. The first kappa shape index (κ1) is 19.4. The van der Waals surface area contributed by atoms with Crippen LogP contribution in [-0.4, -0.2) is 88.3 Å². The molecule has 3 rings (SSSR count). The monoisotopic (exact) mass is 367 g/mol. The van der Waals surface area contributed by atoms with E-state index in [4.69, 9.17) is 4.74 Å². The maximum atomic E-state index is 12.3. The van der Waals surface area contributed by atoms with Gasteiger partial charge in [-0.05, 0) is 46.5 Å². The number of likely N-dealkylation sites (tertiary alicyclic amines) is 3.